The van der Waals surface area contributed by atoms with Gasteiger partial charge in [0.15, 0.2) is 0 Å². The number of nitrogens with zero attached hydrogens (tertiary/aromatic N) is 1. The first-order valence-electron chi connectivity index (χ1n) is 8.70. The van der Waals surface area contributed by atoms with Gasteiger partial charge < -0.3 is 5.11 Å². The average molecular weight is 370 g/mol. The van der Waals surface area contributed by atoms with Crippen molar-refractivity contribution in [3.63, 3.8) is 0 Å². The number of aliphatic hydroxyl groups excluding tert-OH is 1. The first-order valence-corrected chi connectivity index (χ1v) is 10.2. The van der Waals surface area contributed by atoms with Crippen molar-refractivity contribution in [1.82, 2.24) is 4.72 Å². The maximum atomic E-state index is 12.7. The Morgan fingerprint density at radius 3 is 2.31 bits per heavy atom. The second kappa shape index (κ2) is 7.58. The SMILES string of the molecule is Cc1cc(S(=O)(=O)NC2CCC(O)CC2)ccc1-c1ccc(C#N)cc1. The number of nitriles is 1. The minimum atomic E-state index is -3.58. The zero-order valence-electron chi connectivity index (χ0n) is 14.6. The van der Waals surface area contributed by atoms with Gasteiger partial charge in [0.05, 0.1) is 22.6 Å². The normalized spacial score (nSPS) is 20.5. The molecule has 1 saturated carbocycles. The lowest BCUT2D eigenvalue weighted by molar-refractivity contribution is 0.120. The molecule has 2 N–H and O–H groups in total. The van der Waals surface area contributed by atoms with E-state index < -0.39 is 10.0 Å². The molecule has 3 rings (SSSR count). The molecule has 0 aliphatic heterocycles. The molecule has 5 nitrogen and oxygen atoms in total. The molecular weight excluding hydrogens is 348 g/mol. The minimum Gasteiger partial charge on any atom is -0.393 e. The maximum absolute atomic E-state index is 12.7. The van der Waals surface area contributed by atoms with Gasteiger partial charge in [-0.3, -0.25) is 0 Å². The van der Waals surface area contributed by atoms with E-state index in [-0.39, 0.29) is 17.0 Å². The fourth-order valence-corrected chi connectivity index (χ4v) is 4.72. The van der Waals surface area contributed by atoms with E-state index in [9.17, 15) is 13.5 Å². The molecule has 0 radical (unpaired) electrons. The number of hydrogen-bond acceptors (Lipinski definition) is 4. The van der Waals surface area contributed by atoms with Crippen molar-refractivity contribution in [2.75, 3.05) is 0 Å². The molecule has 1 fully saturated rings. The minimum absolute atomic E-state index is 0.123. The van der Waals surface area contributed by atoms with Gasteiger partial charge in [-0.2, -0.15) is 5.26 Å². The molecule has 1 aliphatic rings. The van der Waals surface area contributed by atoms with Crippen LogP contribution in [0.1, 0.15) is 36.8 Å². The van der Waals surface area contributed by atoms with Crippen LogP contribution < -0.4 is 4.72 Å². The Kier molecular flexibility index (Phi) is 5.42. The molecule has 0 unspecified atom stereocenters. The molecule has 0 spiro atoms. The second-order valence-electron chi connectivity index (χ2n) is 6.79. The third-order valence-corrected chi connectivity index (χ3v) is 6.37. The monoisotopic (exact) mass is 370 g/mol. The number of nitrogens with one attached hydrogen (secondary N) is 1. The second-order valence-corrected chi connectivity index (χ2v) is 8.51. The van der Waals surface area contributed by atoms with Gasteiger partial charge in [0.1, 0.15) is 0 Å². The quantitative estimate of drug-likeness (QED) is 0.865. The Labute approximate surface area is 154 Å². The number of benzene rings is 2. The zero-order chi connectivity index (χ0) is 18.7. The van der Waals surface area contributed by atoms with Gasteiger partial charge in [0.2, 0.25) is 10.0 Å². The van der Waals surface area contributed by atoms with E-state index in [0.29, 0.717) is 31.2 Å². The summed E-state index contributed by atoms with van der Waals surface area (Å²) in [5.41, 5.74) is 3.33. The summed E-state index contributed by atoms with van der Waals surface area (Å²) in [5, 5.41) is 18.4. The van der Waals surface area contributed by atoms with Crippen molar-refractivity contribution in [3.8, 4) is 17.2 Å². The lowest BCUT2D eigenvalue weighted by Gasteiger charge is -2.26. The van der Waals surface area contributed by atoms with Crippen molar-refractivity contribution in [2.24, 2.45) is 0 Å². The Hall–Kier alpha value is -2.20. The molecule has 136 valence electrons. The van der Waals surface area contributed by atoms with E-state index in [0.717, 1.165) is 16.7 Å². The van der Waals surface area contributed by atoms with E-state index in [1.54, 1.807) is 30.3 Å². The number of sulfonamides is 1. The lowest BCUT2D eigenvalue weighted by atomic mass is 9.94. The Balaban J connectivity index is 1.80. The van der Waals surface area contributed by atoms with Crippen LogP contribution in [0.25, 0.3) is 11.1 Å². The molecule has 0 aromatic heterocycles. The highest BCUT2D eigenvalue weighted by Crippen LogP contribution is 2.27. The molecule has 2 aromatic rings. The Bertz CT molecular complexity index is 923. The summed E-state index contributed by atoms with van der Waals surface area (Å²) in [7, 11) is -3.58. The van der Waals surface area contributed by atoms with E-state index in [1.165, 1.54) is 0 Å². The molecule has 6 heteroatoms. The predicted molar refractivity (Wildman–Crippen MR) is 99.9 cm³/mol. The predicted octanol–water partition coefficient (Wildman–Crippen LogP) is 3.12. The van der Waals surface area contributed by atoms with Crippen LogP contribution >= 0.6 is 0 Å². The van der Waals surface area contributed by atoms with Gasteiger partial charge in [-0.05, 0) is 73.6 Å². The van der Waals surface area contributed by atoms with Gasteiger partial charge in [0, 0.05) is 6.04 Å². The van der Waals surface area contributed by atoms with Crippen LogP contribution in [-0.4, -0.2) is 25.7 Å². The number of rotatable bonds is 4. The molecular formula is C20H22N2O3S. The highest BCUT2D eigenvalue weighted by atomic mass is 32.2. The van der Waals surface area contributed by atoms with Gasteiger partial charge in [-0.15, -0.1) is 0 Å². The van der Waals surface area contributed by atoms with Crippen LogP contribution in [0, 0.1) is 18.3 Å². The van der Waals surface area contributed by atoms with Crippen molar-refractivity contribution in [3.05, 3.63) is 53.6 Å². The summed E-state index contributed by atoms with van der Waals surface area (Å²) in [4.78, 5) is 0.249. The third-order valence-electron chi connectivity index (χ3n) is 4.85. The lowest BCUT2D eigenvalue weighted by Crippen LogP contribution is -2.38. The molecule has 0 saturated heterocycles. The van der Waals surface area contributed by atoms with Crippen molar-refractivity contribution in [1.29, 1.82) is 5.26 Å². The molecule has 0 bridgehead atoms. The zero-order valence-corrected chi connectivity index (χ0v) is 15.5. The van der Waals surface area contributed by atoms with Crippen molar-refractivity contribution in [2.45, 2.75) is 49.6 Å². The molecule has 26 heavy (non-hydrogen) atoms. The van der Waals surface area contributed by atoms with Crippen molar-refractivity contribution < 1.29 is 13.5 Å². The summed E-state index contributed by atoms with van der Waals surface area (Å²) in [6.07, 6.45) is 2.25. The van der Waals surface area contributed by atoms with Crippen LogP contribution in [0.3, 0.4) is 0 Å². The van der Waals surface area contributed by atoms with E-state index in [4.69, 9.17) is 5.26 Å². The van der Waals surface area contributed by atoms with E-state index in [2.05, 4.69) is 10.8 Å². The standard InChI is InChI=1S/C20H22N2O3S/c1-14-12-19(26(24,25)22-17-6-8-18(23)9-7-17)10-11-20(14)16-4-2-15(13-21)3-5-16/h2-5,10-12,17-18,22-23H,6-9H2,1H3. The molecule has 2 aromatic carbocycles. The number of aliphatic hydroxyl groups is 1. The number of hydrogen-bond donors (Lipinski definition) is 2. The smallest absolute Gasteiger partial charge is 0.240 e. The summed E-state index contributed by atoms with van der Waals surface area (Å²) >= 11 is 0. The van der Waals surface area contributed by atoms with Gasteiger partial charge in [0.25, 0.3) is 0 Å². The topological polar surface area (TPSA) is 90.2 Å². The van der Waals surface area contributed by atoms with Crippen LogP contribution in [0.2, 0.25) is 0 Å². The van der Waals surface area contributed by atoms with Crippen LogP contribution in [0.15, 0.2) is 47.4 Å². The van der Waals surface area contributed by atoms with Gasteiger partial charge >= 0.3 is 0 Å². The van der Waals surface area contributed by atoms with Crippen LogP contribution in [-0.2, 0) is 10.0 Å². The summed E-state index contributed by atoms with van der Waals surface area (Å²) < 4.78 is 28.1. The van der Waals surface area contributed by atoms with Crippen molar-refractivity contribution >= 4 is 10.0 Å². The third kappa shape index (κ3) is 4.13. The van der Waals surface area contributed by atoms with Gasteiger partial charge in [-0.1, -0.05) is 18.2 Å². The molecule has 0 atom stereocenters. The molecule has 0 heterocycles. The van der Waals surface area contributed by atoms with Gasteiger partial charge in [-0.25, -0.2) is 13.1 Å². The highest BCUT2D eigenvalue weighted by Gasteiger charge is 2.25. The fourth-order valence-electron chi connectivity index (χ4n) is 3.33. The van der Waals surface area contributed by atoms with E-state index >= 15 is 0 Å². The Morgan fingerprint density at radius 2 is 1.73 bits per heavy atom. The summed E-state index contributed by atoms with van der Waals surface area (Å²) in [6.45, 7) is 1.88. The summed E-state index contributed by atoms with van der Waals surface area (Å²) in [6, 6.07) is 14.3. The number of aryl methyl sites for hydroxylation is 1. The Morgan fingerprint density at radius 1 is 1.08 bits per heavy atom. The average Bonchev–Trinajstić information content (AvgIpc) is 2.63. The highest BCUT2D eigenvalue weighted by molar-refractivity contribution is 7.89. The molecule has 1 aliphatic carbocycles. The fraction of sp³-hybridized carbons (Fsp3) is 0.350. The molecule has 0 amide bonds. The van der Waals surface area contributed by atoms with E-state index in [1.807, 2.05) is 19.1 Å². The first kappa shape index (κ1) is 18.6. The van der Waals surface area contributed by atoms with Crippen LogP contribution in [0.4, 0.5) is 0 Å². The first-order chi connectivity index (χ1) is 12.4. The largest absolute Gasteiger partial charge is 0.393 e. The summed E-state index contributed by atoms with van der Waals surface area (Å²) in [5.74, 6) is 0. The maximum Gasteiger partial charge on any atom is 0.240 e. The van der Waals surface area contributed by atoms with Crippen LogP contribution in [0.5, 0.6) is 0 Å².